The molecule has 0 spiro atoms. The van der Waals surface area contributed by atoms with Crippen LogP contribution in [0.5, 0.6) is 6.01 Å². The molecule has 0 unspecified atom stereocenters. The van der Waals surface area contributed by atoms with Gasteiger partial charge < -0.3 is 14.8 Å². The predicted molar refractivity (Wildman–Crippen MR) is 86.6 cm³/mol. The highest BCUT2D eigenvalue weighted by atomic mass is 16.5. The van der Waals surface area contributed by atoms with Gasteiger partial charge in [0.25, 0.3) is 0 Å². The number of nitrogens with one attached hydrogen (secondary N) is 1. The number of methoxy groups -OCH3 is 1. The summed E-state index contributed by atoms with van der Waals surface area (Å²) in [5.41, 5.74) is 1.80. The van der Waals surface area contributed by atoms with Gasteiger partial charge in [0.05, 0.1) is 12.1 Å². The maximum atomic E-state index is 5.55. The third kappa shape index (κ3) is 3.32. The van der Waals surface area contributed by atoms with Crippen LogP contribution >= 0.6 is 0 Å². The van der Waals surface area contributed by atoms with Gasteiger partial charge in [0.1, 0.15) is 12.4 Å². The Balaban J connectivity index is 1.95. The number of fused-ring (bicyclic) bond motifs is 1. The Morgan fingerprint density at radius 3 is 2.50 bits per heavy atom. The molecule has 3 aromatic rings. The average molecular weight is 295 g/mol. The van der Waals surface area contributed by atoms with Crippen LogP contribution in [0.15, 0.2) is 54.6 Å². The molecule has 3 rings (SSSR count). The van der Waals surface area contributed by atoms with Crippen LogP contribution in [0.1, 0.15) is 0 Å². The van der Waals surface area contributed by atoms with Crippen molar-refractivity contribution in [3.05, 3.63) is 54.6 Å². The molecule has 0 saturated heterocycles. The smallest absolute Gasteiger partial charge is 0.319 e. The lowest BCUT2D eigenvalue weighted by Crippen LogP contribution is -2.08. The Morgan fingerprint density at radius 2 is 1.68 bits per heavy atom. The monoisotopic (exact) mass is 295 g/mol. The SMILES string of the molecule is COCCOc1nc(Nc2ccccc2)c2ccccc2n1. The largest absolute Gasteiger partial charge is 0.461 e. The Kier molecular flexibility index (Phi) is 4.46. The van der Waals surface area contributed by atoms with Crippen molar-refractivity contribution in [1.82, 2.24) is 9.97 Å². The molecule has 0 radical (unpaired) electrons. The summed E-state index contributed by atoms with van der Waals surface area (Å²) in [6, 6.07) is 18.1. The first-order chi connectivity index (χ1) is 10.9. The highest BCUT2D eigenvalue weighted by molar-refractivity contribution is 5.91. The number of benzene rings is 2. The van der Waals surface area contributed by atoms with Crippen molar-refractivity contribution in [2.45, 2.75) is 0 Å². The van der Waals surface area contributed by atoms with Gasteiger partial charge in [-0.05, 0) is 24.3 Å². The van der Waals surface area contributed by atoms with E-state index < -0.39 is 0 Å². The number of para-hydroxylation sites is 2. The van der Waals surface area contributed by atoms with Gasteiger partial charge >= 0.3 is 6.01 Å². The van der Waals surface area contributed by atoms with Crippen LogP contribution in [-0.4, -0.2) is 30.3 Å². The van der Waals surface area contributed by atoms with Crippen LogP contribution < -0.4 is 10.1 Å². The van der Waals surface area contributed by atoms with Gasteiger partial charge in [-0.3, -0.25) is 0 Å². The minimum Gasteiger partial charge on any atom is -0.461 e. The van der Waals surface area contributed by atoms with E-state index in [9.17, 15) is 0 Å². The second kappa shape index (κ2) is 6.87. The molecule has 1 heterocycles. The lowest BCUT2D eigenvalue weighted by Gasteiger charge is -2.11. The van der Waals surface area contributed by atoms with Crippen LogP contribution in [0.4, 0.5) is 11.5 Å². The minimum absolute atomic E-state index is 0.342. The van der Waals surface area contributed by atoms with E-state index in [2.05, 4.69) is 15.3 Å². The Labute approximate surface area is 128 Å². The summed E-state index contributed by atoms with van der Waals surface area (Å²) in [4.78, 5) is 8.89. The highest BCUT2D eigenvalue weighted by Crippen LogP contribution is 2.25. The first-order valence-electron chi connectivity index (χ1n) is 7.07. The lowest BCUT2D eigenvalue weighted by molar-refractivity contribution is 0.141. The fourth-order valence-corrected chi connectivity index (χ4v) is 2.09. The first-order valence-corrected chi connectivity index (χ1v) is 7.07. The fraction of sp³-hybridized carbons (Fsp3) is 0.176. The molecule has 0 atom stereocenters. The molecule has 2 aromatic carbocycles. The van der Waals surface area contributed by atoms with Gasteiger partial charge in [-0.25, -0.2) is 0 Å². The third-order valence-corrected chi connectivity index (χ3v) is 3.14. The predicted octanol–water partition coefficient (Wildman–Crippen LogP) is 3.40. The maximum absolute atomic E-state index is 5.55. The molecule has 1 N–H and O–H groups in total. The zero-order valence-electron chi connectivity index (χ0n) is 12.3. The van der Waals surface area contributed by atoms with Crippen LogP contribution in [0, 0.1) is 0 Å². The molecule has 0 aliphatic heterocycles. The van der Waals surface area contributed by atoms with Gasteiger partial charge in [0.2, 0.25) is 0 Å². The summed E-state index contributed by atoms with van der Waals surface area (Å²) in [6.45, 7) is 0.914. The van der Waals surface area contributed by atoms with Crippen molar-refractivity contribution in [2.24, 2.45) is 0 Å². The summed E-state index contributed by atoms with van der Waals surface area (Å²) in [6.07, 6.45) is 0. The molecule has 0 aliphatic rings. The van der Waals surface area contributed by atoms with Gasteiger partial charge in [-0.1, -0.05) is 30.3 Å². The Hall–Kier alpha value is -2.66. The van der Waals surface area contributed by atoms with Gasteiger partial charge in [0, 0.05) is 18.2 Å². The zero-order chi connectivity index (χ0) is 15.2. The average Bonchev–Trinajstić information content (AvgIpc) is 2.56. The van der Waals surface area contributed by atoms with Gasteiger partial charge in [-0.15, -0.1) is 0 Å². The van der Waals surface area contributed by atoms with Crippen LogP contribution in [-0.2, 0) is 4.74 Å². The maximum Gasteiger partial charge on any atom is 0.319 e. The second-order valence-electron chi connectivity index (χ2n) is 4.70. The number of hydrogen-bond acceptors (Lipinski definition) is 5. The van der Waals surface area contributed by atoms with Crippen molar-refractivity contribution in [3.8, 4) is 6.01 Å². The van der Waals surface area contributed by atoms with E-state index in [1.807, 2.05) is 54.6 Å². The van der Waals surface area contributed by atoms with E-state index in [4.69, 9.17) is 9.47 Å². The Morgan fingerprint density at radius 1 is 0.909 bits per heavy atom. The van der Waals surface area contributed by atoms with E-state index >= 15 is 0 Å². The molecule has 0 aliphatic carbocycles. The summed E-state index contributed by atoms with van der Waals surface area (Å²) in [5, 5.41) is 4.26. The highest BCUT2D eigenvalue weighted by Gasteiger charge is 2.08. The van der Waals surface area contributed by atoms with E-state index in [0.717, 1.165) is 22.4 Å². The summed E-state index contributed by atoms with van der Waals surface area (Å²) >= 11 is 0. The summed E-state index contributed by atoms with van der Waals surface area (Å²) < 4.78 is 10.5. The fourth-order valence-electron chi connectivity index (χ4n) is 2.09. The van der Waals surface area contributed by atoms with E-state index in [1.165, 1.54) is 0 Å². The quantitative estimate of drug-likeness (QED) is 0.706. The molecule has 5 nitrogen and oxygen atoms in total. The number of nitrogens with zero attached hydrogens (tertiary/aromatic N) is 2. The third-order valence-electron chi connectivity index (χ3n) is 3.14. The Bertz CT molecular complexity index is 747. The summed E-state index contributed by atoms with van der Waals surface area (Å²) in [5.74, 6) is 0.726. The molecule has 0 saturated carbocycles. The van der Waals surface area contributed by atoms with Crippen LogP contribution in [0.25, 0.3) is 10.9 Å². The molecule has 5 heteroatoms. The normalized spacial score (nSPS) is 10.6. The van der Waals surface area contributed by atoms with Gasteiger partial charge in [-0.2, -0.15) is 9.97 Å². The molecular formula is C17H17N3O2. The van der Waals surface area contributed by atoms with Crippen molar-refractivity contribution in [2.75, 3.05) is 25.6 Å². The topological polar surface area (TPSA) is 56.3 Å². The minimum atomic E-state index is 0.342. The van der Waals surface area contributed by atoms with E-state index in [1.54, 1.807) is 7.11 Å². The van der Waals surface area contributed by atoms with Crippen LogP contribution in [0.3, 0.4) is 0 Å². The number of anilines is 2. The number of ether oxygens (including phenoxy) is 2. The van der Waals surface area contributed by atoms with Crippen molar-refractivity contribution < 1.29 is 9.47 Å². The number of aromatic nitrogens is 2. The lowest BCUT2D eigenvalue weighted by atomic mass is 10.2. The molecule has 1 aromatic heterocycles. The van der Waals surface area contributed by atoms with Gasteiger partial charge in [0.15, 0.2) is 0 Å². The molecule has 0 bridgehead atoms. The molecule has 22 heavy (non-hydrogen) atoms. The standard InChI is InChI=1S/C17H17N3O2/c1-21-11-12-22-17-19-15-10-6-5-9-14(15)16(20-17)18-13-7-3-2-4-8-13/h2-10H,11-12H2,1H3,(H,18,19,20). The van der Waals surface area contributed by atoms with Crippen molar-refractivity contribution in [3.63, 3.8) is 0 Å². The molecular weight excluding hydrogens is 278 g/mol. The van der Waals surface area contributed by atoms with E-state index in [-0.39, 0.29) is 0 Å². The molecule has 112 valence electrons. The number of hydrogen-bond donors (Lipinski definition) is 1. The second-order valence-corrected chi connectivity index (χ2v) is 4.70. The molecule has 0 fully saturated rings. The number of rotatable bonds is 6. The van der Waals surface area contributed by atoms with E-state index in [0.29, 0.717) is 19.2 Å². The van der Waals surface area contributed by atoms with Crippen molar-refractivity contribution >= 4 is 22.4 Å². The van der Waals surface area contributed by atoms with Crippen LogP contribution in [0.2, 0.25) is 0 Å². The first kappa shape index (κ1) is 14.3. The zero-order valence-corrected chi connectivity index (χ0v) is 12.3. The molecule has 0 amide bonds. The van der Waals surface area contributed by atoms with Crippen molar-refractivity contribution in [1.29, 1.82) is 0 Å². The summed E-state index contributed by atoms with van der Waals surface area (Å²) in [7, 11) is 1.63.